The topological polar surface area (TPSA) is 80.0 Å². The van der Waals surface area contributed by atoms with E-state index in [1.165, 1.54) is 23.6 Å². The molecule has 2 aromatic heterocycles. The number of pyridine rings is 1. The number of benzene rings is 1. The van der Waals surface area contributed by atoms with Gasteiger partial charge in [0.1, 0.15) is 5.82 Å². The average molecular weight is 420 g/mol. The predicted octanol–water partition coefficient (Wildman–Crippen LogP) is 3.48. The molecule has 1 saturated heterocycles. The van der Waals surface area contributed by atoms with Crippen LogP contribution in [0.1, 0.15) is 40.5 Å². The Kier molecular flexibility index (Phi) is 5.00. The lowest BCUT2D eigenvalue weighted by Crippen LogP contribution is -2.39. The number of aromatic nitrogens is 3. The van der Waals surface area contributed by atoms with Gasteiger partial charge in [-0.2, -0.15) is 13.2 Å². The Morgan fingerprint density at radius 1 is 1.23 bits per heavy atom. The van der Waals surface area contributed by atoms with E-state index in [4.69, 9.17) is 4.74 Å². The number of carbonyl (C=O) groups is 1. The molecule has 158 valence electrons. The van der Waals surface area contributed by atoms with Gasteiger partial charge in [0.05, 0.1) is 18.2 Å². The molecule has 1 N–H and O–H groups in total. The summed E-state index contributed by atoms with van der Waals surface area (Å²) in [6.07, 6.45) is -2.19. The Morgan fingerprint density at radius 2 is 2.03 bits per heavy atom. The molecule has 0 radical (unpaired) electrons. The Balaban J connectivity index is 1.63. The third-order valence-electron chi connectivity index (χ3n) is 5.28. The van der Waals surface area contributed by atoms with Crippen LogP contribution in [0.25, 0.3) is 5.65 Å². The van der Waals surface area contributed by atoms with Crippen LogP contribution in [0.3, 0.4) is 0 Å². The molecule has 0 aliphatic carbocycles. The van der Waals surface area contributed by atoms with Gasteiger partial charge >= 0.3 is 6.18 Å². The molecule has 1 atom stereocenters. The smallest absolute Gasteiger partial charge is 0.417 e. The van der Waals surface area contributed by atoms with Crippen molar-refractivity contribution in [3.63, 3.8) is 0 Å². The molecule has 1 aliphatic heterocycles. The summed E-state index contributed by atoms with van der Waals surface area (Å²) in [6, 6.07) is 6.91. The number of ether oxygens (including phenoxy) is 1. The highest BCUT2D eigenvalue weighted by Gasteiger charge is 2.33. The molecule has 0 saturated carbocycles. The van der Waals surface area contributed by atoms with Crippen molar-refractivity contribution < 1.29 is 27.8 Å². The first-order valence-electron chi connectivity index (χ1n) is 9.36. The Labute approximate surface area is 169 Å². The molecule has 0 unspecified atom stereocenters. The number of phenols is 1. The number of rotatable bonds is 3. The van der Waals surface area contributed by atoms with Crippen molar-refractivity contribution in [2.24, 2.45) is 0 Å². The zero-order valence-corrected chi connectivity index (χ0v) is 16.1. The van der Waals surface area contributed by atoms with Gasteiger partial charge < -0.3 is 14.7 Å². The number of phenolic OH excluding ortho intramolecular Hbond substituents is 1. The zero-order chi connectivity index (χ0) is 21.5. The molecule has 1 aromatic carbocycles. The van der Waals surface area contributed by atoms with Gasteiger partial charge in [-0.1, -0.05) is 6.07 Å². The molecule has 1 aliphatic rings. The number of piperidine rings is 1. The van der Waals surface area contributed by atoms with Crippen molar-refractivity contribution in [3.05, 3.63) is 53.5 Å². The quantitative estimate of drug-likeness (QED) is 0.702. The largest absolute Gasteiger partial charge is 0.504 e. The maximum Gasteiger partial charge on any atom is 0.417 e. The number of nitrogens with zero attached hydrogens (tertiary/aromatic N) is 4. The second-order valence-corrected chi connectivity index (χ2v) is 7.15. The lowest BCUT2D eigenvalue weighted by Gasteiger charge is -2.32. The van der Waals surface area contributed by atoms with Gasteiger partial charge in [0.25, 0.3) is 5.91 Å². The summed E-state index contributed by atoms with van der Waals surface area (Å²) in [5, 5.41) is 18.3. The standard InChI is InChI=1S/C20H19F3N4O3/c1-30-15-6-2-5-14(17(15)28)19(29)26-9-3-4-12(10-26)18-25-24-16-8-7-13(11-27(16)18)20(21,22)23/h2,5-8,11-12,28H,3-4,9-10H2,1H3/t12-/m1/s1. The number of halogens is 3. The van der Waals surface area contributed by atoms with E-state index in [-0.39, 0.29) is 35.4 Å². The number of hydrogen-bond donors (Lipinski definition) is 1. The van der Waals surface area contributed by atoms with Gasteiger partial charge in [-0.3, -0.25) is 9.20 Å². The molecule has 1 amide bonds. The van der Waals surface area contributed by atoms with Gasteiger partial charge in [0.15, 0.2) is 17.1 Å². The number of alkyl halides is 3. The first-order chi connectivity index (χ1) is 14.3. The van der Waals surface area contributed by atoms with Crippen LogP contribution in [0.4, 0.5) is 13.2 Å². The fraction of sp³-hybridized carbons (Fsp3) is 0.350. The van der Waals surface area contributed by atoms with Crippen LogP contribution in [0.5, 0.6) is 11.5 Å². The van der Waals surface area contributed by atoms with Gasteiger partial charge in [-0.25, -0.2) is 0 Å². The second kappa shape index (κ2) is 7.51. The van der Waals surface area contributed by atoms with E-state index >= 15 is 0 Å². The summed E-state index contributed by atoms with van der Waals surface area (Å²) in [4.78, 5) is 14.5. The molecular weight excluding hydrogens is 401 g/mol. The summed E-state index contributed by atoms with van der Waals surface area (Å²) >= 11 is 0. The number of fused-ring (bicyclic) bond motifs is 1. The maximum atomic E-state index is 13.1. The van der Waals surface area contributed by atoms with Crippen molar-refractivity contribution in [2.75, 3.05) is 20.2 Å². The summed E-state index contributed by atoms with van der Waals surface area (Å²) in [5.74, 6) is -0.328. The molecule has 4 rings (SSSR count). The van der Waals surface area contributed by atoms with E-state index in [0.717, 1.165) is 12.3 Å². The number of hydrogen-bond acceptors (Lipinski definition) is 5. The van der Waals surface area contributed by atoms with Crippen molar-refractivity contribution in [3.8, 4) is 11.5 Å². The summed E-state index contributed by atoms with van der Waals surface area (Å²) < 4.78 is 45.7. The minimum atomic E-state index is -4.48. The molecule has 30 heavy (non-hydrogen) atoms. The van der Waals surface area contributed by atoms with Crippen LogP contribution in [0, 0.1) is 0 Å². The lowest BCUT2D eigenvalue weighted by atomic mass is 9.96. The highest BCUT2D eigenvalue weighted by atomic mass is 19.4. The fourth-order valence-corrected chi connectivity index (χ4v) is 3.76. The van der Waals surface area contributed by atoms with Crippen LogP contribution in [0.15, 0.2) is 36.5 Å². The highest BCUT2D eigenvalue weighted by molar-refractivity contribution is 5.97. The van der Waals surface area contributed by atoms with E-state index < -0.39 is 11.7 Å². The van der Waals surface area contributed by atoms with Crippen LogP contribution in [-0.4, -0.2) is 50.7 Å². The Bertz CT molecular complexity index is 1100. The number of likely N-dealkylation sites (tertiary alicyclic amines) is 1. The third-order valence-corrected chi connectivity index (χ3v) is 5.28. The van der Waals surface area contributed by atoms with Crippen molar-refractivity contribution >= 4 is 11.6 Å². The first-order valence-corrected chi connectivity index (χ1v) is 9.36. The lowest BCUT2D eigenvalue weighted by molar-refractivity contribution is -0.137. The Morgan fingerprint density at radius 3 is 2.77 bits per heavy atom. The highest BCUT2D eigenvalue weighted by Crippen LogP contribution is 2.34. The number of methoxy groups -OCH3 is 1. The van der Waals surface area contributed by atoms with E-state index in [1.54, 1.807) is 17.0 Å². The number of aromatic hydroxyl groups is 1. The normalized spacial score (nSPS) is 17.3. The van der Waals surface area contributed by atoms with Crippen LogP contribution in [-0.2, 0) is 6.18 Å². The Hall–Kier alpha value is -3.30. The van der Waals surface area contributed by atoms with Gasteiger partial charge in [-0.05, 0) is 37.1 Å². The van der Waals surface area contributed by atoms with Gasteiger partial charge in [0.2, 0.25) is 0 Å². The van der Waals surface area contributed by atoms with Gasteiger partial charge in [-0.15, -0.1) is 10.2 Å². The molecule has 0 bridgehead atoms. The van der Waals surface area contributed by atoms with E-state index in [0.29, 0.717) is 30.9 Å². The molecule has 7 nitrogen and oxygen atoms in total. The van der Waals surface area contributed by atoms with E-state index in [9.17, 15) is 23.1 Å². The second-order valence-electron chi connectivity index (χ2n) is 7.15. The van der Waals surface area contributed by atoms with E-state index in [1.807, 2.05) is 0 Å². The fourth-order valence-electron chi connectivity index (χ4n) is 3.76. The van der Waals surface area contributed by atoms with Crippen molar-refractivity contribution in [1.82, 2.24) is 19.5 Å². The van der Waals surface area contributed by atoms with Gasteiger partial charge in [0, 0.05) is 25.2 Å². The number of para-hydroxylation sites is 1. The third kappa shape index (κ3) is 3.53. The zero-order valence-electron chi connectivity index (χ0n) is 16.1. The first kappa shape index (κ1) is 20.0. The molecular formula is C20H19F3N4O3. The molecule has 3 heterocycles. The number of amides is 1. The minimum Gasteiger partial charge on any atom is -0.504 e. The summed E-state index contributed by atoms with van der Waals surface area (Å²) in [6.45, 7) is 0.725. The maximum absolute atomic E-state index is 13.1. The molecule has 3 aromatic rings. The number of carbonyl (C=O) groups excluding carboxylic acids is 1. The molecule has 1 fully saturated rings. The average Bonchev–Trinajstić information content (AvgIpc) is 3.16. The monoisotopic (exact) mass is 420 g/mol. The van der Waals surface area contributed by atoms with E-state index in [2.05, 4.69) is 10.2 Å². The summed E-state index contributed by atoms with van der Waals surface area (Å²) in [7, 11) is 1.39. The molecule has 10 heteroatoms. The van der Waals surface area contributed by atoms with Crippen LogP contribution in [0.2, 0.25) is 0 Å². The minimum absolute atomic E-state index is 0.112. The molecule has 0 spiro atoms. The van der Waals surface area contributed by atoms with Crippen LogP contribution < -0.4 is 4.74 Å². The predicted molar refractivity (Wildman–Crippen MR) is 101 cm³/mol. The van der Waals surface area contributed by atoms with Crippen molar-refractivity contribution in [2.45, 2.75) is 24.9 Å². The SMILES string of the molecule is COc1cccc(C(=O)N2CCC[C@@H](c3nnc4ccc(C(F)(F)F)cn34)C2)c1O. The summed E-state index contributed by atoms with van der Waals surface area (Å²) in [5.41, 5.74) is -0.367. The van der Waals surface area contributed by atoms with Crippen LogP contribution >= 0.6 is 0 Å². The van der Waals surface area contributed by atoms with Crippen molar-refractivity contribution in [1.29, 1.82) is 0 Å².